The van der Waals surface area contributed by atoms with Crippen LogP contribution in [0.4, 0.5) is 10.1 Å². The molecule has 0 spiro atoms. The van der Waals surface area contributed by atoms with E-state index in [1.54, 1.807) is 19.1 Å². The zero-order chi connectivity index (χ0) is 12.9. The average Bonchev–Trinajstić information content (AvgIpc) is 2.32. The first kappa shape index (κ1) is 13.9. The Kier molecular flexibility index (Phi) is 4.90. The van der Waals surface area contributed by atoms with E-state index in [9.17, 15) is 9.50 Å². The molecule has 0 aliphatic heterocycles. The van der Waals surface area contributed by atoms with Gasteiger partial charge in [-0.05, 0) is 44.5 Å². The van der Waals surface area contributed by atoms with Gasteiger partial charge < -0.3 is 15.7 Å². The maximum Gasteiger partial charge on any atom is 0.123 e. The van der Waals surface area contributed by atoms with E-state index in [2.05, 4.69) is 4.90 Å². The van der Waals surface area contributed by atoms with Crippen molar-refractivity contribution in [3.05, 3.63) is 30.1 Å². The van der Waals surface area contributed by atoms with Gasteiger partial charge in [-0.2, -0.15) is 0 Å². The zero-order valence-electron chi connectivity index (χ0n) is 10.5. The van der Waals surface area contributed by atoms with Crippen molar-refractivity contribution in [1.82, 2.24) is 0 Å². The van der Waals surface area contributed by atoms with Crippen molar-refractivity contribution in [1.29, 1.82) is 0 Å². The molecule has 3 nitrogen and oxygen atoms in total. The van der Waals surface area contributed by atoms with Crippen molar-refractivity contribution in [3.63, 3.8) is 0 Å². The minimum atomic E-state index is -0.840. The lowest BCUT2D eigenvalue weighted by Gasteiger charge is -2.28. The van der Waals surface area contributed by atoms with Crippen molar-refractivity contribution in [3.8, 4) is 0 Å². The fourth-order valence-corrected chi connectivity index (χ4v) is 1.60. The standard InChI is InChI=1S/C13H21FN2O/c1-3-16(9-8-13(2,17)10-15)12-6-4-11(14)5-7-12/h4-7,17H,3,8-10,15H2,1-2H3. The van der Waals surface area contributed by atoms with Gasteiger partial charge in [0.25, 0.3) is 0 Å². The summed E-state index contributed by atoms with van der Waals surface area (Å²) in [4.78, 5) is 2.09. The predicted octanol–water partition coefficient (Wildman–Crippen LogP) is 1.75. The van der Waals surface area contributed by atoms with Crippen LogP contribution in [-0.4, -0.2) is 30.3 Å². The Balaban J connectivity index is 2.63. The van der Waals surface area contributed by atoms with Gasteiger partial charge in [-0.3, -0.25) is 0 Å². The topological polar surface area (TPSA) is 49.5 Å². The Labute approximate surface area is 102 Å². The van der Waals surface area contributed by atoms with E-state index in [1.807, 2.05) is 6.92 Å². The lowest BCUT2D eigenvalue weighted by molar-refractivity contribution is 0.0621. The lowest BCUT2D eigenvalue weighted by Crippen LogP contribution is -2.38. The summed E-state index contributed by atoms with van der Waals surface area (Å²) >= 11 is 0. The van der Waals surface area contributed by atoms with Gasteiger partial charge in [-0.15, -0.1) is 0 Å². The first-order valence-corrected chi connectivity index (χ1v) is 5.91. The molecule has 3 N–H and O–H groups in total. The van der Waals surface area contributed by atoms with E-state index >= 15 is 0 Å². The van der Waals surface area contributed by atoms with Crippen LogP contribution in [0.1, 0.15) is 20.3 Å². The van der Waals surface area contributed by atoms with E-state index in [-0.39, 0.29) is 12.4 Å². The third kappa shape index (κ3) is 4.32. The van der Waals surface area contributed by atoms with Crippen LogP contribution in [0.5, 0.6) is 0 Å². The van der Waals surface area contributed by atoms with Gasteiger partial charge in [0.05, 0.1) is 5.60 Å². The maximum atomic E-state index is 12.8. The summed E-state index contributed by atoms with van der Waals surface area (Å²) in [5.74, 6) is -0.237. The summed E-state index contributed by atoms with van der Waals surface area (Å²) in [6, 6.07) is 6.38. The molecule has 1 unspecified atom stereocenters. The van der Waals surface area contributed by atoms with Crippen molar-refractivity contribution in [2.24, 2.45) is 5.73 Å². The molecule has 0 fully saturated rings. The number of nitrogens with zero attached hydrogens (tertiary/aromatic N) is 1. The van der Waals surface area contributed by atoms with Crippen molar-refractivity contribution >= 4 is 5.69 Å². The summed E-state index contributed by atoms with van der Waals surface area (Å²) in [6.45, 7) is 5.51. The second-order valence-corrected chi connectivity index (χ2v) is 4.51. The highest BCUT2D eigenvalue weighted by molar-refractivity contribution is 5.46. The SMILES string of the molecule is CCN(CCC(C)(O)CN)c1ccc(F)cc1. The smallest absolute Gasteiger partial charge is 0.123 e. The minimum Gasteiger partial charge on any atom is -0.389 e. The van der Waals surface area contributed by atoms with Crippen molar-refractivity contribution in [2.75, 3.05) is 24.5 Å². The second kappa shape index (κ2) is 5.98. The molecule has 1 rings (SSSR count). The van der Waals surface area contributed by atoms with Crippen molar-refractivity contribution < 1.29 is 9.50 Å². The van der Waals surface area contributed by atoms with Gasteiger partial charge in [-0.1, -0.05) is 0 Å². The number of aliphatic hydroxyl groups is 1. The second-order valence-electron chi connectivity index (χ2n) is 4.51. The van der Waals surface area contributed by atoms with Gasteiger partial charge >= 0.3 is 0 Å². The Hall–Kier alpha value is -1.13. The molecule has 1 aromatic rings. The first-order chi connectivity index (χ1) is 7.98. The first-order valence-electron chi connectivity index (χ1n) is 5.91. The molecule has 1 aromatic carbocycles. The molecule has 0 amide bonds. The summed E-state index contributed by atoms with van der Waals surface area (Å²) < 4.78 is 12.8. The van der Waals surface area contributed by atoms with E-state index < -0.39 is 5.60 Å². The molecular weight excluding hydrogens is 219 g/mol. The Bertz CT molecular complexity index is 338. The van der Waals surface area contributed by atoms with E-state index in [0.717, 1.165) is 12.2 Å². The summed E-state index contributed by atoms with van der Waals surface area (Å²) in [5.41, 5.74) is 5.59. The Morgan fingerprint density at radius 2 is 1.94 bits per heavy atom. The Morgan fingerprint density at radius 1 is 1.35 bits per heavy atom. The van der Waals surface area contributed by atoms with Crippen LogP contribution in [0.25, 0.3) is 0 Å². The highest BCUT2D eigenvalue weighted by Crippen LogP contribution is 2.17. The van der Waals surface area contributed by atoms with Gasteiger partial charge in [0.2, 0.25) is 0 Å². The zero-order valence-corrected chi connectivity index (χ0v) is 10.5. The molecule has 0 aromatic heterocycles. The van der Waals surface area contributed by atoms with Crippen LogP contribution in [0.3, 0.4) is 0 Å². The third-order valence-corrected chi connectivity index (χ3v) is 2.93. The fourth-order valence-electron chi connectivity index (χ4n) is 1.60. The molecule has 1 atom stereocenters. The van der Waals surface area contributed by atoms with Crippen LogP contribution in [-0.2, 0) is 0 Å². The quantitative estimate of drug-likeness (QED) is 0.796. The average molecular weight is 240 g/mol. The molecule has 0 radical (unpaired) electrons. The van der Waals surface area contributed by atoms with Gasteiger partial charge in [0, 0.05) is 25.3 Å². The molecule has 96 valence electrons. The summed E-state index contributed by atoms with van der Waals surface area (Å²) in [7, 11) is 0. The molecule has 0 aliphatic rings. The largest absolute Gasteiger partial charge is 0.389 e. The molecule has 17 heavy (non-hydrogen) atoms. The summed E-state index contributed by atoms with van der Waals surface area (Å²) in [6.07, 6.45) is 0.592. The van der Waals surface area contributed by atoms with Gasteiger partial charge in [0.1, 0.15) is 5.82 Å². The summed E-state index contributed by atoms with van der Waals surface area (Å²) in [5, 5.41) is 9.85. The van der Waals surface area contributed by atoms with Crippen LogP contribution in [0.2, 0.25) is 0 Å². The maximum absolute atomic E-state index is 12.8. The monoisotopic (exact) mass is 240 g/mol. The van der Waals surface area contributed by atoms with E-state index in [4.69, 9.17) is 5.73 Å². The number of nitrogens with two attached hydrogens (primary N) is 1. The number of halogens is 1. The van der Waals surface area contributed by atoms with Crippen LogP contribution >= 0.6 is 0 Å². The Morgan fingerprint density at radius 3 is 2.41 bits per heavy atom. The number of rotatable bonds is 6. The number of hydrogen-bond donors (Lipinski definition) is 2. The molecule has 4 heteroatoms. The number of anilines is 1. The molecule has 0 bridgehead atoms. The van der Waals surface area contributed by atoms with Gasteiger partial charge in [0.15, 0.2) is 0 Å². The van der Waals surface area contributed by atoms with Crippen LogP contribution in [0, 0.1) is 5.82 Å². The normalized spacial score (nSPS) is 14.4. The fraction of sp³-hybridized carbons (Fsp3) is 0.538. The highest BCUT2D eigenvalue weighted by atomic mass is 19.1. The number of benzene rings is 1. The van der Waals surface area contributed by atoms with E-state index in [1.165, 1.54) is 12.1 Å². The molecular formula is C13H21FN2O. The minimum absolute atomic E-state index is 0.237. The molecule has 0 heterocycles. The van der Waals surface area contributed by atoms with Crippen LogP contribution < -0.4 is 10.6 Å². The lowest BCUT2D eigenvalue weighted by atomic mass is 10.0. The molecule has 0 aliphatic carbocycles. The highest BCUT2D eigenvalue weighted by Gasteiger charge is 2.19. The van der Waals surface area contributed by atoms with Gasteiger partial charge in [-0.25, -0.2) is 4.39 Å². The van der Waals surface area contributed by atoms with E-state index in [0.29, 0.717) is 13.0 Å². The number of hydrogen-bond acceptors (Lipinski definition) is 3. The third-order valence-electron chi connectivity index (χ3n) is 2.93. The van der Waals surface area contributed by atoms with Crippen LogP contribution in [0.15, 0.2) is 24.3 Å². The molecule has 0 saturated heterocycles. The predicted molar refractivity (Wildman–Crippen MR) is 68.6 cm³/mol. The van der Waals surface area contributed by atoms with Crippen molar-refractivity contribution in [2.45, 2.75) is 25.9 Å². The molecule has 0 saturated carbocycles.